The molecular weight excluding hydrogens is 580 g/mol. The molecule has 46 heavy (non-hydrogen) atoms. The number of methoxy groups -OCH3 is 1. The molecule has 2 aliphatic carbocycles. The van der Waals surface area contributed by atoms with Crippen LogP contribution in [-0.4, -0.2) is 36.6 Å². The van der Waals surface area contributed by atoms with Crippen LogP contribution in [0.3, 0.4) is 0 Å². The summed E-state index contributed by atoms with van der Waals surface area (Å²) in [7, 11) is 1.58. The summed E-state index contributed by atoms with van der Waals surface area (Å²) < 4.78 is 11.9. The van der Waals surface area contributed by atoms with Crippen molar-refractivity contribution in [1.82, 2.24) is 0 Å². The quantitative estimate of drug-likeness (QED) is 0.0913. The zero-order chi connectivity index (χ0) is 32.4. The van der Waals surface area contributed by atoms with E-state index in [2.05, 4.69) is 51.1 Å². The van der Waals surface area contributed by atoms with E-state index in [1.54, 1.807) is 48.4 Å². The van der Waals surface area contributed by atoms with Crippen LogP contribution in [-0.2, 0) is 14.3 Å². The molecule has 3 fully saturated rings. The first kappa shape index (κ1) is 30.0. The fraction of sp³-hybridized carbons (Fsp3) is 0.368. The van der Waals surface area contributed by atoms with Gasteiger partial charge in [-0.15, -0.1) is 0 Å². The Bertz CT molecular complexity index is 1830. The van der Waals surface area contributed by atoms with Crippen LogP contribution < -0.4 is 9.64 Å². The third-order valence-corrected chi connectivity index (χ3v) is 11.7. The van der Waals surface area contributed by atoms with Gasteiger partial charge in [-0.25, -0.2) is 0 Å². The first-order chi connectivity index (χ1) is 22.0. The molecule has 1 amide bonds. The van der Waals surface area contributed by atoms with E-state index in [-0.39, 0.29) is 40.8 Å². The van der Waals surface area contributed by atoms with Crippen molar-refractivity contribution < 1.29 is 24.0 Å². The number of nitro groups is 1. The minimum absolute atomic E-state index is 0.0386. The van der Waals surface area contributed by atoms with Crippen LogP contribution in [0.5, 0.6) is 5.75 Å². The summed E-state index contributed by atoms with van der Waals surface area (Å²) >= 11 is 0. The highest BCUT2D eigenvalue weighted by Gasteiger charge is 2.68. The number of anilines is 1. The van der Waals surface area contributed by atoms with Crippen LogP contribution in [0.15, 0.2) is 91.0 Å². The molecule has 2 bridgehead atoms. The minimum Gasteiger partial charge on any atom is -0.497 e. The second-order valence-electron chi connectivity index (χ2n) is 13.8. The molecule has 0 aromatic heterocycles. The van der Waals surface area contributed by atoms with Gasteiger partial charge in [0.1, 0.15) is 17.8 Å². The van der Waals surface area contributed by atoms with Gasteiger partial charge in [-0.2, -0.15) is 0 Å². The van der Waals surface area contributed by atoms with Gasteiger partial charge in [0, 0.05) is 42.1 Å². The van der Waals surface area contributed by atoms with Crippen molar-refractivity contribution in [2.45, 2.75) is 51.6 Å². The van der Waals surface area contributed by atoms with Gasteiger partial charge < -0.3 is 14.4 Å². The fourth-order valence-electron chi connectivity index (χ4n) is 8.82. The number of carbonyl (C=O) groups excluding carboxylic acids is 2. The molecule has 0 radical (unpaired) electrons. The molecular formula is C38H38N2O6. The van der Waals surface area contributed by atoms with E-state index < -0.39 is 28.8 Å². The number of hydrogen-bond donors (Lipinski definition) is 0. The van der Waals surface area contributed by atoms with Crippen molar-refractivity contribution in [1.29, 1.82) is 0 Å². The van der Waals surface area contributed by atoms with Gasteiger partial charge in [0.25, 0.3) is 5.69 Å². The van der Waals surface area contributed by atoms with Crippen molar-refractivity contribution in [3.63, 3.8) is 0 Å². The van der Waals surface area contributed by atoms with E-state index in [1.165, 1.54) is 17.7 Å². The molecule has 8 heteroatoms. The molecule has 8 nitrogen and oxygen atoms in total. The zero-order valence-corrected chi connectivity index (χ0v) is 26.5. The summed E-state index contributed by atoms with van der Waals surface area (Å²) in [5.74, 6) is -1.75. The number of nitrogens with zero attached hydrogens (tertiary/aromatic N) is 2. The number of benzene rings is 4. The molecule has 0 spiro atoms. The van der Waals surface area contributed by atoms with Crippen LogP contribution in [0.1, 0.15) is 56.6 Å². The fourth-order valence-corrected chi connectivity index (χ4v) is 8.82. The van der Waals surface area contributed by atoms with Crippen LogP contribution in [0.2, 0.25) is 0 Å². The lowest BCUT2D eigenvalue weighted by atomic mass is 9.64. The molecule has 4 aromatic rings. The van der Waals surface area contributed by atoms with Gasteiger partial charge in [0.2, 0.25) is 5.91 Å². The van der Waals surface area contributed by atoms with E-state index in [9.17, 15) is 19.7 Å². The summed E-state index contributed by atoms with van der Waals surface area (Å²) in [5, 5.41) is 13.7. The number of hydrogen-bond acceptors (Lipinski definition) is 6. The Balaban J connectivity index is 1.27. The van der Waals surface area contributed by atoms with Crippen LogP contribution in [0, 0.1) is 32.8 Å². The maximum Gasteiger partial charge on any atom is 0.319 e. The highest BCUT2D eigenvalue weighted by atomic mass is 16.6. The van der Waals surface area contributed by atoms with Crippen LogP contribution >= 0.6 is 0 Å². The normalized spacial score (nSPS) is 28.0. The van der Waals surface area contributed by atoms with Gasteiger partial charge in [-0.05, 0) is 69.8 Å². The number of amides is 1. The molecule has 2 saturated carbocycles. The predicted octanol–water partition coefficient (Wildman–Crippen LogP) is 7.65. The zero-order valence-electron chi connectivity index (χ0n) is 26.5. The van der Waals surface area contributed by atoms with Crippen molar-refractivity contribution in [3.05, 3.63) is 112 Å². The lowest BCUT2D eigenvalue weighted by Gasteiger charge is -2.40. The number of esters is 1. The Kier molecular flexibility index (Phi) is 7.14. The second-order valence-corrected chi connectivity index (χ2v) is 13.8. The molecule has 1 unspecified atom stereocenters. The molecule has 7 rings (SSSR count). The van der Waals surface area contributed by atoms with Crippen LogP contribution in [0.4, 0.5) is 11.4 Å². The summed E-state index contributed by atoms with van der Waals surface area (Å²) in [6, 6.07) is 28.0. The molecule has 0 N–H and O–H groups in total. The first-order valence-corrected chi connectivity index (χ1v) is 15.9. The Morgan fingerprint density at radius 3 is 2.33 bits per heavy atom. The van der Waals surface area contributed by atoms with Gasteiger partial charge >= 0.3 is 5.97 Å². The van der Waals surface area contributed by atoms with Crippen molar-refractivity contribution in [2.24, 2.45) is 22.7 Å². The Morgan fingerprint density at radius 1 is 0.935 bits per heavy atom. The number of rotatable bonds is 7. The lowest BCUT2D eigenvalue weighted by Crippen LogP contribution is -2.39. The van der Waals surface area contributed by atoms with E-state index in [1.807, 2.05) is 12.1 Å². The number of fused-ring (bicyclic) bond motifs is 3. The lowest BCUT2D eigenvalue weighted by molar-refractivity contribution is -0.384. The molecule has 1 heterocycles. The summed E-state index contributed by atoms with van der Waals surface area (Å²) in [6.45, 7) is 7.16. The molecule has 3 aliphatic rings. The van der Waals surface area contributed by atoms with Gasteiger partial charge in [-0.1, -0.05) is 75.4 Å². The van der Waals surface area contributed by atoms with E-state index >= 15 is 0 Å². The number of non-ortho nitro benzene ring substituents is 1. The number of nitro benzene ring substituents is 1. The number of carbonyl (C=O) groups is 2. The average Bonchev–Trinajstić information content (AvgIpc) is 3.58. The van der Waals surface area contributed by atoms with E-state index in [0.29, 0.717) is 17.0 Å². The maximum atomic E-state index is 14.5. The Labute approximate surface area is 268 Å². The third-order valence-electron chi connectivity index (χ3n) is 11.7. The highest BCUT2D eigenvalue weighted by Crippen LogP contribution is 2.72. The summed E-state index contributed by atoms with van der Waals surface area (Å²) in [4.78, 5) is 41.2. The largest absolute Gasteiger partial charge is 0.497 e. The minimum atomic E-state index is -1.09. The Morgan fingerprint density at radius 2 is 1.63 bits per heavy atom. The number of ether oxygens (including phenoxy) is 2. The molecule has 4 aromatic carbocycles. The maximum absolute atomic E-state index is 14.5. The van der Waals surface area contributed by atoms with Gasteiger partial charge in [0.05, 0.1) is 12.0 Å². The SMILES string of the molecule is COc1ccc(N2C[C@@H](c3ccc([N+](=O)[O-])cc3)C(C(=O)O[C@H]3[C@@H]4CC[C@](C)([C@H]3c3cccc5ccccc35)C4(C)C)C2=O)cc1. The van der Waals surface area contributed by atoms with Crippen molar-refractivity contribution in [3.8, 4) is 5.75 Å². The standard InChI is InChI=1S/C38H38N2O6/c1-37(2)31-20-21-38(37,3)33(29-11-7-9-23-8-5-6-10-28(23)29)34(31)46-36(42)32-30(24-12-14-26(15-13-24)40(43)44)22-39(35(32)41)25-16-18-27(45-4)19-17-25/h5-19,30-34H,20-22H2,1-4H3/t30-,31-,32?,33-,34-,38+/m0/s1. The Hall–Kier alpha value is -4.72. The summed E-state index contributed by atoms with van der Waals surface area (Å²) in [5.41, 5.74) is 2.26. The molecule has 6 atom stereocenters. The van der Waals surface area contributed by atoms with Crippen LogP contribution in [0.25, 0.3) is 10.8 Å². The van der Waals surface area contributed by atoms with E-state index in [4.69, 9.17) is 9.47 Å². The monoisotopic (exact) mass is 618 g/mol. The predicted molar refractivity (Wildman–Crippen MR) is 176 cm³/mol. The van der Waals surface area contributed by atoms with E-state index in [0.717, 1.165) is 23.6 Å². The molecule has 236 valence electrons. The summed E-state index contributed by atoms with van der Waals surface area (Å²) in [6.07, 6.45) is 1.59. The topological polar surface area (TPSA) is 99.0 Å². The smallest absolute Gasteiger partial charge is 0.319 e. The van der Waals surface area contributed by atoms with Gasteiger partial charge in [-0.3, -0.25) is 19.7 Å². The highest BCUT2D eigenvalue weighted by molar-refractivity contribution is 6.09. The second kappa shape index (κ2) is 11.0. The first-order valence-electron chi connectivity index (χ1n) is 15.9. The third kappa shape index (κ3) is 4.49. The molecule has 1 aliphatic heterocycles. The molecule has 1 saturated heterocycles. The average molecular weight is 619 g/mol. The van der Waals surface area contributed by atoms with Crippen molar-refractivity contribution in [2.75, 3.05) is 18.6 Å². The van der Waals surface area contributed by atoms with Gasteiger partial charge in [0.15, 0.2) is 0 Å². The van der Waals surface area contributed by atoms with Crippen molar-refractivity contribution >= 4 is 34.0 Å².